The zero-order valence-corrected chi connectivity index (χ0v) is 27.1. The average Bonchev–Trinajstić information content (AvgIpc) is 3.64. The summed E-state index contributed by atoms with van der Waals surface area (Å²) in [7, 11) is 0. The number of benzene rings is 2. The predicted octanol–water partition coefficient (Wildman–Crippen LogP) is 8.77. The molecular weight excluding hydrogens is 532 g/mol. The Morgan fingerprint density at radius 2 is 1.56 bits per heavy atom. The van der Waals surface area contributed by atoms with Gasteiger partial charge in [-0.1, -0.05) is 75.4 Å². The van der Waals surface area contributed by atoms with Crippen LogP contribution in [0.3, 0.4) is 0 Å². The minimum atomic E-state index is -0.627. The number of aromatic nitrogens is 2. The van der Waals surface area contributed by atoms with Crippen LogP contribution in [0.1, 0.15) is 118 Å². The minimum Gasteiger partial charge on any atom is -0.484 e. The molecule has 3 saturated carbocycles. The summed E-state index contributed by atoms with van der Waals surface area (Å²) in [6.07, 6.45) is 7.27. The van der Waals surface area contributed by atoms with E-state index in [1.54, 1.807) is 0 Å². The molecule has 3 unspecified atom stereocenters. The summed E-state index contributed by atoms with van der Waals surface area (Å²) in [6.45, 7) is 14.7. The first-order valence-corrected chi connectivity index (χ1v) is 16.2. The van der Waals surface area contributed by atoms with Crippen molar-refractivity contribution in [1.29, 1.82) is 0 Å². The van der Waals surface area contributed by atoms with Crippen molar-refractivity contribution < 1.29 is 14.3 Å². The summed E-state index contributed by atoms with van der Waals surface area (Å²) in [5.74, 6) is 3.47. The lowest BCUT2D eigenvalue weighted by Crippen LogP contribution is -2.30. The minimum absolute atomic E-state index is 0.187. The molecule has 3 aliphatic carbocycles. The Morgan fingerprint density at radius 3 is 2.16 bits per heavy atom. The Morgan fingerprint density at radius 1 is 0.907 bits per heavy atom. The first kappa shape index (κ1) is 29.8. The van der Waals surface area contributed by atoms with E-state index in [9.17, 15) is 4.79 Å². The molecule has 2 aromatic carbocycles. The molecule has 0 aliphatic heterocycles. The third-order valence-electron chi connectivity index (χ3n) is 10.2. The van der Waals surface area contributed by atoms with Gasteiger partial charge in [0.2, 0.25) is 0 Å². The van der Waals surface area contributed by atoms with Crippen molar-refractivity contribution in [2.24, 2.45) is 23.2 Å². The van der Waals surface area contributed by atoms with E-state index >= 15 is 0 Å². The molecule has 1 aromatic heterocycles. The van der Waals surface area contributed by atoms with Crippen molar-refractivity contribution in [3.05, 3.63) is 88.5 Å². The Kier molecular flexibility index (Phi) is 7.67. The van der Waals surface area contributed by atoms with Crippen molar-refractivity contribution in [2.45, 2.75) is 111 Å². The third-order valence-corrected chi connectivity index (χ3v) is 10.2. The molecule has 2 bridgehead atoms. The van der Waals surface area contributed by atoms with Gasteiger partial charge in [-0.2, -0.15) is 0 Å². The van der Waals surface area contributed by atoms with E-state index in [0.717, 1.165) is 29.6 Å². The second-order valence-corrected chi connectivity index (χ2v) is 15.4. The molecular formula is C38H48N2O3. The predicted molar refractivity (Wildman–Crippen MR) is 170 cm³/mol. The van der Waals surface area contributed by atoms with E-state index in [4.69, 9.17) is 19.4 Å². The maximum atomic E-state index is 13.4. The number of esters is 1. The summed E-state index contributed by atoms with van der Waals surface area (Å²) in [5, 5.41) is 0. The maximum Gasteiger partial charge on any atom is 0.361 e. The first-order chi connectivity index (χ1) is 20.3. The van der Waals surface area contributed by atoms with Crippen molar-refractivity contribution in [3.8, 4) is 5.75 Å². The van der Waals surface area contributed by atoms with Crippen LogP contribution in [0.25, 0.3) is 0 Å². The Hall–Kier alpha value is -3.21. The van der Waals surface area contributed by atoms with Gasteiger partial charge in [-0.3, -0.25) is 0 Å². The van der Waals surface area contributed by atoms with Gasteiger partial charge in [-0.05, 0) is 111 Å². The Bertz CT molecular complexity index is 1450. The summed E-state index contributed by atoms with van der Waals surface area (Å²) >= 11 is 0. The molecule has 5 heteroatoms. The number of rotatable bonds is 7. The average molecular weight is 581 g/mol. The lowest BCUT2D eigenvalue weighted by molar-refractivity contribution is 0.00571. The van der Waals surface area contributed by atoms with Gasteiger partial charge < -0.3 is 9.47 Å². The van der Waals surface area contributed by atoms with E-state index in [1.165, 1.54) is 43.2 Å². The monoisotopic (exact) mass is 580 g/mol. The molecule has 1 heterocycles. The molecule has 6 rings (SSSR count). The summed E-state index contributed by atoms with van der Waals surface area (Å²) < 4.78 is 11.9. The summed E-state index contributed by atoms with van der Waals surface area (Å²) in [5.41, 5.74) is 4.96. The van der Waals surface area contributed by atoms with E-state index in [1.807, 2.05) is 58.0 Å². The SMILES string of the molecule is Cc1nc(CC2CC3CCC(C2)C32CC2c2ccc(C(C)(C)C)cc2)nc(C(=O)OC(C)(C)C)c1OCc1ccccc1. The van der Waals surface area contributed by atoms with Crippen molar-refractivity contribution in [2.75, 3.05) is 0 Å². The van der Waals surface area contributed by atoms with Crippen LogP contribution in [0, 0.1) is 30.1 Å². The van der Waals surface area contributed by atoms with Gasteiger partial charge in [0.05, 0.1) is 5.69 Å². The topological polar surface area (TPSA) is 61.3 Å². The van der Waals surface area contributed by atoms with Crippen LogP contribution in [-0.2, 0) is 23.2 Å². The number of ether oxygens (including phenoxy) is 2. The molecule has 0 saturated heterocycles. The third kappa shape index (κ3) is 6.10. The molecule has 0 amide bonds. The van der Waals surface area contributed by atoms with Crippen LogP contribution in [-0.4, -0.2) is 21.5 Å². The van der Waals surface area contributed by atoms with Crippen LogP contribution in [0.2, 0.25) is 0 Å². The molecule has 3 atom stereocenters. The van der Waals surface area contributed by atoms with Gasteiger partial charge in [0.15, 0.2) is 11.4 Å². The second kappa shape index (κ2) is 11.1. The standard InChI is InChI=1S/C38H48N2O3/c1-24-34(42-23-25-11-9-8-10-12-25)33(35(41)43-37(5,6)7)40-32(39-24)21-26-19-29-17-18-30(20-26)38(29)22-31(38)27-13-15-28(16-14-27)36(2,3)4/h8-16,26,29-31H,17-23H2,1-7H3. The molecule has 5 nitrogen and oxygen atoms in total. The normalized spacial score (nSPS) is 26.4. The number of hydrogen-bond donors (Lipinski definition) is 0. The van der Waals surface area contributed by atoms with E-state index < -0.39 is 11.6 Å². The molecule has 0 radical (unpaired) electrons. The molecule has 228 valence electrons. The highest BCUT2D eigenvalue weighted by molar-refractivity contribution is 5.91. The van der Waals surface area contributed by atoms with Crippen LogP contribution in [0.4, 0.5) is 0 Å². The number of aryl methyl sites for hydroxylation is 1. The fourth-order valence-corrected chi connectivity index (χ4v) is 8.19. The Balaban J connectivity index is 1.18. The highest BCUT2D eigenvalue weighted by Crippen LogP contribution is 2.76. The first-order valence-electron chi connectivity index (χ1n) is 16.2. The van der Waals surface area contributed by atoms with Gasteiger partial charge in [-0.15, -0.1) is 0 Å². The zero-order valence-electron chi connectivity index (χ0n) is 27.1. The molecule has 3 fully saturated rings. The fraction of sp³-hybridized carbons (Fsp3) is 0.553. The fourth-order valence-electron chi connectivity index (χ4n) is 8.19. The maximum absolute atomic E-state index is 13.4. The van der Waals surface area contributed by atoms with Gasteiger partial charge in [-0.25, -0.2) is 14.8 Å². The van der Waals surface area contributed by atoms with Gasteiger partial charge in [0.25, 0.3) is 0 Å². The van der Waals surface area contributed by atoms with Crippen LogP contribution >= 0.6 is 0 Å². The number of carbonyl (C=O) groups excluding carboxylic acids is 1. The summed E-state index contributed by atoms with van der Waals surface area (Å²) in [4.78, 5) is 23.1. The van der Waals surface area contributed by atoms with Crippen molar-refractivity contribution in [3.63, 3.8) is 0 Å². The molecule has 3 aliphatic rings. The smallest absolute Gasteiger partial charge is 0.361 e. The van der Waals surface area contributed by atoms with Gasteiger partial charge in [0, 0.05) is 6.42 Å². The zero-order chi connectivity index (χ0) is 30.6. The number of carbonyl (C=O) groups is 1. The van der Waals surface area contributed by atoms with E-state index in [2.05, 4.69) is 45.0 Å². The van der Waals surface area contributed by atoms with Gasteiger partial charge in [0.1, 0.15) is 18.0 Å². The highest BCUT2D eigenvalue weighted by atomic mass is 16.6. The Labute approximate surface area is 257 Å². The van der Waals surface area contributed by atoms with Crippen LogP contribution in [0.15, 0.2) is 54.6 Å². The van der Waals surface area contributed by atoms with E-state index in [-0.39, 0.29) is 11.1 Å². The number of nitrogens with zero attached hydrogens (tertiary/aromatic N) is 2. The van der Waals surface area contributed by atoms with Gasteiger partial charge >= 0.3 is 5.97 Å². The molecule has 3 aromatic rings. The number of hydrogen-bond acceptors (Lipinski definition) is 5. The van der Waals surface area contributed by atoms with E-state index in [0.29, 0.717) is 35.3 Å². The summed E-state index contributed by atoms with van der Waals surface area (Å²) in [6, 6.07) is 19.5. The molecule has 43 heavy (non-hydrogen) atoms. The highest BCUT2D eigenvalue weighted by Gasteiger charge is 2.67. The molecule has 0 N–H and O–H groups in total. The van der Waals surface area contributed by atoms with Crippen LogP contribution in [0.5, 0.6) is 5.75 Å². The van der Waals surface area contributed by atoms with Crippen molar-refractivity contribution in [1.82, 2.24) is 9.97 Å². The lowest BCUT2D eigenvalue weighted by atomic mass is 9.68. The van der Waals surface area contributed by atoms with Crippen LogP contribution < -0.4 is 4.74 Å². The lowest BCUT2D eigenvalue weighted by Gasteiger charge is -2.37. The second-order valence-electron chi connectivity index (χ2n) is 15.4. The van der Waals surface area contributed by atoms with Crippen molar-refractivity contribution >= 4 is 5.97 Å². The largest absolute Gasteiger partial charge is 0.484 e. The molecule has 1 spiro atoms. The quantitative estimate of drug-likeness (QED) is 0.261.